The third-order valence-corrected chi connectivity index (χ3v) is 5.84. The number of nitrogens with zero attached hydrogens (tertiary/aromatic N) is 1. The van der Waals surface area contributed by atoms with E-state index in [0.717, 1.165) is 13.1 Å². The molecule has 0 bridgehead atoms. The van der Waals surface area contributed by atoms with Gasteiger partial charge in [-0.1, -0.05) is 58.0 Å². The van der Waals surface area contributed by atoms with Crippen LogP contribution in [0.2, 0.25) is 0 Å². The third-order valence-electron chi connectivity index (χ3n) is 5.84. The van der Waals surface area contributed by atoms with Crippen LogP contribution in [0.5, 0.6) is 0 Å². The second-order valence-electron chi connectivity index (χ2n) is 12.2. The molecule has 6 heteroatoms. The van der Waals surface area contributed by atoms with E-state index < -0.39 is 16.8 Å². The molecule has 0 fully saturated rings. The number of esters is 1. The first-order valence-electron chi connectivity index (χ1n) is 11.8. The van der Waals surface area contributed by atoms with Crippen LogP contribution >= 0.6 is 0 Å². The Bertz CT molecular complexity index is 772. The highest BCUT2D eigenvalue weighted by molar-refractivity contribution is 5.76. The van der Waals surface area contributed by atoms with E-state index in [-0.39, 0.29) is 16.8 Å². The van der Waals surface area contributed by atoms with Gasteiger partial charge in [-0.3, -0.25) is 14.6 Å². The summed E-state index contributed by atoms with van der Waals surface area (Å²) in [5.74, 6) is -1.03. The summed E-state index contributed by atoms with van der Waals surface area (Å²) in [6.07, 6.45) is 1.15. The maximum absolute atomic E-state index is 12.6. The Morgan fingerprint density at radius 1 is 0.818 bits per heavy atom. The fraction of sp³-hybridized carbons (Fsp3) is 0.704. The highest BCUT2D eigenvalue weighted by Crippen LogP contribution is 2.39. The fourth-order valence-electron chi connectivity index (χ4n) is 5.30. The van der Waals surface area contributed by atoms with Crippen molar-refractivity contribution in [2.75, 3.05) is 19.7 Å². The lowest BCUT2D eigenvalue weighted by molar-refractivity contribution is -0.196. The number of hydrogen-bond acceptors (Lipinski definition) is 5. The third kappa shape index (κ3) is 9.83. The van der Waals surface area contributed by atoms with Crippen LogP contribution in [0.3, 0.4) is 0 Å². The Kier molecular flexibility index (Phi) is 10.1. The fourth-order valence-corrected chi connectivity index (χ4v) is 5.30. The van der Waals surface area contributed by atoms with Gasteiger partial charge in [-0.25, -0.2) is 4.79 Å². The van der Waals surface area contributed by atoms with Crippen molar-refractivity contribution in [2.24, 2.45) is 21.7 Å². The first kappa shape index (κ1) is 29.1. The van der Waals surface area contributed by atoms with Gasteiger partial charge in [0.2, 0.25) is 0 Å². The molecule has 0 aliphatic rings. The van der Waals surface area contributed by atoms with Crippen LogP contribution in [0.4, 0.5) is 4.53 Å². The Labute approximate surface area is 199 Å². The molecule has 5 nitrogen and oxygen atoms in total. The van der Waals surface area contributed by atoms with Crippen LogP contribution in [-0.2, 0) is 25.8 Å². The van der Waals surface area contributed by atoms with Crippen molar-refractivity contribution in [2.45, 2.75) is 81.7 Å². The highest BCUT2D eigenvalue weighted by atomic mass is 19.3. The molecule has 1 aromatic carbocycles. The van der Waals surface area contributed by atoms with Crippen molar-refractivity contribution in [1.82, 2.24) is 4.90 Å². The molecule has 188 valence electrons. The van der Waals surface area contributed by atoms with Crippen LogP contribution in [0.1, 0.15) is 80.7 Å². The topological polar surface area (TPSA) is 55.8 Å². The molecule has 0 atom stereocenters. The number of rotatable bonds is 13. The molecule has 0 radical (unpaired) electrons. The molecule has 0 aromatic heterocycles. The van der Waals surface area contributed by atoms with Gasteiger partial charge in [-0.2, -0.15) is 0 Å². The molecule has 0 unspecified atom stereocenters. The predicted octanol–water partition coefficient (Wildman–Crippen LogP) is 6.36. The minimum atomic E-state index is -0.932. The number of benzene rings is 1. The van der Waals surface area contributed by atoms with E-state index in [0.29, 0.717) is 26.0 Å². The average molecular weight is 466 g/mol. The summed E-state index contributed by atoms with van der Waals surface area (Å²) < 4.78 is 17.9. The summed E-state index contributed by atoms with van der Waals surface area (Å²) in [4.78, 5) is 30.3. The monoisotopic (exact) mass is 465 g/mol. The molecule has 0 aliphatic carbocycles. The van der Waals surface area contributed by atoms with Gasteiger partial charge in [-0.15, -0.1) is 0 Å². The molecular formula is C27H44FNO4. The summed E-state index contributed by atoms with van der Waals surface area (Å²) in [5, 5.41) is 0. The number of halogens is 1. The second kappa shape index (κ2) is 11.5. The first-order valence-corrected chi connectivity index (χ1v) is 11.8. The molecule has 0 saturated heterocycles. The molecule has 0 N–H and O–H groups in total. The van der Waals surface area contributed by atoms with Gasteiger partial charge in [0.15, 0.2) is 0 Å². The lowest BCUT2D eigenvalue weighted by atomic mass is 9.73. The first-order chi connectivity index (χ1) is 15.0. The standard InChI is InChI=1S/C27H44FNO4/c1-10-32-22(30)26(6,7)17-24(2,3)19-29(16-21-14-12-11-13-15-21)20-25(4,5)18-27(8,9)23(31)33-28/h11-15H,10,16-20H2,1-9H3. The Balaban J connectivity index is 3.09. The zero-order valence-electron chi connectivity index (χ0n) is 22.1. The summed E-state index contributed by atoms with van der Waals surface area (Å²) in [6.45, 7) is 20.2. The van der Waals surface area contributed by atoms with E-state index in [4.69, 9.17) is 4.74 Å². The van der Waals surface area contributed by atoms with Gasteiger partial charge in [0, 0.05) is 24.2 Å². The molecule has 0 aliphatic heterocycles. The normalized spacial score (nSPS) is 13.2. The molecule has 0 amide bonds. The van der Waals surface area contributed by atoms with Crippen LogP contribution in [0, 0.1) is 21.7 Å². The number of carbonyl (C=O) groups is 2. The predicted molar refractivity (Wildman–Crippen MR) is 130 cm³/mol. The summed E-state index contributed by atoms with van der Waals surface area (Å²) in [5.41, 5.74) is -0.789. The van der Waals surface area contributed by atoms with E-state index in [2.05, 4.69) is 49.7 Å². The molecular weight excluding hydrogens is 421 g/mol. The maximum atomic E-state index is 12.6. The Morgan fingerprint density at radius 3 is 1.70 bits per heavy atom. The van der Waals surface area contributed by atoms with Gasteiger partial charge < -0.3 is 4.74 Å². The SMILES string of the molecule is CCOC(=O)C(C)(C)CC(C)(C)CN(Cc1ccccc1)CC(C)(C)CC(C)(C)C(=O)OF. The smallest absolute Gasteiger partial charge is 0.354 e. The summed E-state index contributed by atoms with van der Waals surface area (Å²) >= 11 is 0. The Hall–Kier alpha value is -1.95. The maximum Gasteiger partial charge on any atom is 0.354 e. The number of hydrogen-bond donors (Lipinski definition) is 0. The van der Waals surface area contributed by atoms with Crippen LogP contribution in [0.15, 0.2) is 30.3 Å². The van der Waals surface area contributed by atoms with Gasteiger partial charge in [0.25, 0.3) is 0 Å². The van der Waals surface area contributed by atoms with Gasteiger partial charge in [-0.05, 0) is 63.9 Å². The minimum Gasteiger partial charge on any atom is -0.466 e. The zero-order valence-corrected chi connectivity index (χ0v) is 22.1. The van der Waals surface area contributed by atoms with Crippen LogP contribution in [0.25, 0.3) is 0 Å². The second-order valence-corrected chi connectivity index (χ2v) is 12.2. The molecule has 0 heterocycles. The number of carbonyl (C=O) groups excluding carboxylic acids is 2. The van der Waals surface area contributed by atoms with Crippen molar-refractivity contribution in [3.05, 3.63) is 35.9 Å². The largest absolute Gasteiger partial charge is 0.466 e. The lowest BCUT2D eigenvalue weighted by Crippen LogP contribution is -2.44. The van der Waals surface area contributed by atoms with E-state index in [1.165, 1.54) is 5.56 Å². The average Bonchev–Trinajstić information content (AvgIpc) is 2.65. The van der Waals surface area contributed by atoms with E-state index in [9.17, 15) is 14.1 Å². The highest BCUT2D eigenvalue weighted by Gasteiger charge is 2.40. The summed E-state index contributed by atoms with van der Waals surface area (Å²) in [7, 11) is 0. The number of ether oxygens (including phenoxy) is 1. The summed E-state index contributed by atoms with van der Waals surface area (Å²) in [6, 6.07) is 10.2. The molecule has 33 heavy (non-hydrogen) atoms. The van der Waals surface area contributed by atoms with Crippen molar-refractivity contribution in [3.63, 3.8) is 0 Å². The molecule has 1 rings (SSSR count). The van der Waals surface area contributed by atoms with E-state index in [1.807, 2.05) is 39.0 Å². The van der Waals surface area contributed by atoms with Crippen molar-refractivity contribution in [3.8, 4) is 0 Å². The van der Waals surface area contributed by atoms with Gasteiger partial charge in [0.1, 0.15) is 0 Å². The molecule has 0 saturated carbocycles. The van der Waals surface area contributed by atoms with Crippen molar-refractivity contribution < 1.29 is 23.8 Å². The quantitative estimate of drug-likeness (QED) is 0.317. The lowest BCUT2D eigenvalue weighted by Gasteiger charge is -2.41. The van der Waals surface area contributed by atoms with Crippen LogP contribution in [-0.4, -0.2) is 36.5 Å². The van der Waals surface area contributed by atoms with Crippen molar-refractivity contribution >= 4 is 11.9 Å². The Morgan fingerprint density at radius 2 is 1.27 bits per heavy atom. The van der Waals surface area contributed by atoms with Gasteiger partial charge >= 0.3 is 11.9 Å². The van der Waals surface area contributed by atoms with E-state index in [1.54, 1.807) is 13.8 Å². The van der Waals surface area contributed by atoms with E-state index >= 15 is 0 Å². The molecule has 0 spiro atoms. The zero-order chi connectivity index (χ0) is 25.5. The van der Waals surface area contributed by atoms with Crippen LogP contribution < -0.4 is 0 Å². The van der Waals surface area contributed by atoms with Crippen molar-refractivity contribution in [1.29, 1.82) is 0 Å². The molecule has 1 aromatic rings. The minimum absolute atomic E-state index is 0.172. The van der Waals surface area contributed by atoms with Gasteiger partial charge in [0.05, 0.1) is 17.4 Å².